The van der Waals surface area contributed by atoms with Crippen LogP contribution in [0.4, 0.5) is 0 Å². The SMILES string of the molecule is CC.CC(=O)c1nc(C2CC2)co1. The smallest absolute Gasteiger partial charge is 0.262 e. The molecule has 0 radical (unpaired) electrons. The minimum Gasteiger partial charge on any atom is -0.442 e. The maximum atomic E-state index is 10.7. The maximum absolute atomic E-state index is 10.7. The van der Waals surface area contributed by atoms with Gasteiger partial charge in [-0.15, -0.1) is 0 Å². The molecule has 72 valence electrons. The van der Waals surface area contributed by atoms with Crippen molar-refractivity contribution in [3.8, 4) is 0 Å². The number of oxazole rings is 1. The van der Waals surface area contributed by atoms with Crippen LogP contribution in [-0.4, -0.2) is 10.8 Å². The van der Waals surface area contributed by atoms with Crippen molar-refractivity contribution in [1.82, 2.24) is 4.98 Å². The Hall–Kier alpha value is -1.12. The third-order valence-electron chi connectivity index (χ3n) is 1.82. The van der Waals surface area contributed by atoms with Gasteiger partial charge in [0.2, 0.25) is 5.78 Å². The predicted molar refractivity (Wildman–Crippen MR) is 49.8 cm³/mol. The lowest BCUT2D eigenvalue weighted by Gasteiger charge is -1.82. The van der Waals surface area contributed by atoms with Gasteiger partial charge in [-0.05, 0) is 12.8 Å². The van der Waals surface area contributed by atoms with Crippen molar-refractivity contribution in [3.05, 3.63) is 17.8 Å². The summed E-state index contributed by atoms with van der Waals surface area (Å²) in [5.74, 6) is 0.704. The third-order valence-corrected chi connectivity index (χ3v) is 1.82. The summed E-state index contributed by atoms with van der Waals surface area (Å²) in [7, 11) is 0. The number of nitrogens with zero attached hydrogens (tertiary/aromatic N) is 1. The van der Waals surface area contributed by atoms with Crippen molar-refractivity contribution in [2.24, 2.45) is 0 Å². The number of rotatable bonds is 2. The lowest BCUT2D eigenvalue weighted by Crippen LogP contribution is -1.91. The zero-order valence-corrected chi connectivity index (χ0v) is 8.33. The molecule has 3 heteroatoms. The van der Waals surface area contributed by atoms with Crippen LogP contribution in [0.25, 0.3) is 0 Å². The van der Waals surface area contributed by atoms with E-state index in [-0.39, 0.29) is 11.7 Å². The van der Waals surface area contributed by atoms with Crippen molar-refractivity contribution < 1.29 is 9.21 Å². The molecule has 0 saturated heterocycles. The van der Waals surface area contributed by atoms with Crippen LogP contribution >= 0.6 is 0 Å². The van der Waals surface area contributed by atoms with E-state index in [1.807, 2.05) is 13.8 Å². The molecule has 13 heavy (non-hydrogen) atoms. The summed E-state index contributed by atoms with van der Waals surface area (Å²) in [6, 6.07) is 0. The van der Waals surface area contributed by atoms with Gasteiger partial charge in [-0.2, -0.15) is 0 Å². The first-order valence-corrected chi connectivity index (χ1v) is 4.74. The second-order valence-electron chi connectivity index (χ2n) is 2.91. The Morgan fingerprint density at radius 3 is 2.54 bits per heavy atom. The molecule has 1 aromatic heterocycles. The lowest BCUT2D eigenvalue weighted by atomic mass is 10.3. The number of ketones is 1. The molecule has 0 bridgehead atoms. The minimum absolute atomic E-state index is 0.100. The highest BCUT2D eigenvalue weighted by Crippen LogP contribution is 2.39. The second kappa shape index (κ2) is 4.21. The average molecular weight is 181 g/mol. The first-order valence-electron chi connectivity index (χ1n) is 4.74. The van der Waals surface area contributed by atoms with Crippen LogP contribution in [-0.2, 0) is 0 Å². The van der Waals surface area contributed by atoms with Gasteiger partial charge in [0.15, 0.2) is 0 Å². The summed E-state index contributed by atoms with van der Waals surface area (Å²) < 4.78 is 4.97. The monoisotopic (exact) mass is 181 g/mol. The number of hydrogen-bond acceptors (Lipinski definition) is 3. The third kappa shape index (κ3) is 2.41. The number of hydrogen-bond donors (Lipinski definition) is 0. The summed E-state index contributed by atoms with van der Waals surface area (Å²) in [4.78, 5) is 14.8. The summed E-state index contributed by atoms with van der Waals surface area (Å²) in [5.41, 5.74) is 0.940. The van der Waals surface area contributed by atoms with E-state index in [1.165, 1.54) is 19.8 Å². The van der Waals surface area contributed by atoms with Gasteiger partial charge in [0, 0.05) is 12.8 Å². The van der Waals surface area contributed by atoms with Crippen LogP contribution in [0.15, 0.2) is 10.7 Å². The summed E-state index contributed by atoms with van der Waals surface area (Å²) >= 11 is 0. The average Bonchev–Trinajstić information content (AvgIpc) is 2.87. The molecule has 1 aromatic rings. The Labute approximate surface area is 78.2 Å². The van der Waals surface area contributed by atoms with Gasteiger partial charge in [-0.1, -0.05) is 13.8 Å². The Balaban J connectivity index is 0.000000396. The van der Waals surface area contributed by atoms with E-state index in [0.29, 0.717) is 5.92 Å². The van der Waals surface area contributed by atoms with Gasteiger partial charge in [-0.25, -0.2) is 4.98 Å². The normalized spacial score (nSPS) is 14.7. The summed E-state index contributed by atoms with van der Waals surface area (Å²) in [5, 5.41) is 0. The fraction of sp³-hybridized carbons (Fsp3) is 0.600. The van der Waals surface area contributed by atoms with Gasteiger partial charge in [0.05, 0.1) is 5.69 Å². The van der Waals surface area contributed by atoms with Crippen molar-refractivity contribution in [3.63, 3.8) is 0 Å². The molecule has 1 saturated carbocycles. The van der Waals surface area contributed by atoms with Gasteiger partial charge in [0.1, 0.15) is 6.26 Å². The Kier molecular flexibility index (Phi) is 3.23. The van der Waals surface area contributed by atoms with Crippen molar-refractivity contribution in [1.29, 1.82) is 0 Å². The zero-order valence-electron chi connectivity index (χ0n) is 8.33. The second-order valence-corrected chi connectivity index (χ2v) is 2.91. The zero-order chi connectivity index (χ0) is 9.84. The summed E-state index contributed by atoms with van der Waals surface area (Å²) in [6.45, 7) is 5.46. The maximum Gasteiger partial charge on any atom is 0.262 e. The highest BCUT2D eigenvalue weighted by molar-refractivity contribution is 5.89. The molecule has 1 aliphatic carbocycles. The molecule has 0 unspecified atom stereocenters. The highest BCUT2D eigenvalue weighted by Gasteiger charge is 2.27. The van der Waals surface area contributed by atoms with Crippen LogP contribution in [0.5, 0.6) is 0 Å². The minimum atomic E-state index is -0.100. The highest BCUT2D eigenvalue weighted by atomic mass is 16.3. The molecular formula is C10H15NO2. The molecular weight excluding hydrogens is 166 g/mol. The first-order chi connectivity index (χ1) is 6.27. The topological polar surface area (TPSA) is 43.1 Å². The van der Waals surface area contributed by atoms with E-state index >= 15 is 0 Å². The van der Waals surface area contributed by atoms with Gasteiger partial charge < -0.3 is 4.42 Å². The van der Waals surface area contributed by atoms with Gasteiger partial charge in [0.25, 0.3) is 5.89 Å². The molecule has 0 spiro atoms. The van der Waals surface area contributed by atoms with Crippen molar-refractivity contribution in [2.75, 3.05) is 0 Å². The predicted octanol–water partition coefficient (Wildman–Crippen LogP) is 2.78. The van der Waals surface area contributed by atoms with Crippen LogP contribution in [0.2, 0.25) is 0 Å². The van der Waals surface area contributed by atoms with Crippen LogP contribution in [0.1, 0.15) is 55.9 Å². The van der Waals surface area contributed by atoms with Crippen LogP contribution < -0.4 is 0 Å². The van der Waals surface area contributed by atoms with Gasteiger partial charge >= 0.3 is 0 Å². The van der Waals surface area contributed by atoms with E-state index in [1.54, 1.807) is 6.26 Å². The van der Waals surface area contributed by atoms with E-state index in [4.69, 9.17) is 4.42 Å². The number of carbonyl (C=O) groups excluding carboxylic acids is 1. The molecule has 0 N–H and O–H groups in total. The fourth-order valence-corrected chi connectivity index (χ4v) is 1.01. The van der Waals surface area contributed by atoms with Crippen molar-refractivity contribution in [2.45, 2.75) is 39.5 Å². The standard InChI is InChI=1S/C8H9NO2.C2H6/c1-5(10)8-9-7(4-11-8)6-2-3-6;1-2/h4,6H,2-3H2,1H3;1-2H3. The quantitative estimate of drug-likeness (QED) is 0.659. The molecule has 0 aromatic carbocycles. The van der Waals surface area contributed by atoms with Crippen LogP contribution in [0.3, 0.4) is 0 Å². The lowest BCUT2D eigenvalue weighted by molar-refractivity contribution is 0.0980. The van der Waals surface area contributed by atoms with E-state index < -0.39 is 0 Å². The largest absolute Gasteiger partial charge is 0.442 e. The van der Waals surface area contributed by atoms with Crippen LogP contribution in [0, 0.1) is 0 Å². The molecule has 0 atom stereocenters. The fourth-order valence-electron chi connectivity index (χ4n) is 1.01. The Morgan fingerprint density at radius 2 is 2.15 bits per heavy atom. The van der Waals surface area contributed by atoms with E-state index in [9.17, 15) is 4.79 Å². The molecule has 0 aliphatic heterocycles. The van der Waals surface area contributed by atoms with E-state index in [2.05, 4.69) is 4.98 Å². The first kappa shape index (κ1) is 9.96. The molecule has 1 fully saturated rings. The molecule has 2 rings (SSSR count). The molecule has 0 amide bonds. The summed E-state index contributed by atoms with van der Waals surface area (Å²) in [6.07, 6.45) is 3.96. The molecule has 1 heterocycles. The van der Waals surface area contributed by atoms with Crippen molar-refractivity contribution >= 4 is 5.78 Å². The Bertz CT molecular complexity index is 287. The van der Waals surface area contributed by atoms with E-state index in [0.717, 1.165) is 5.69 Å². The Morgan fingerprint density at radius 1 is 1.54 bits per heavy atom. The van der Waals surface area contributed by atoms with Gasteiger partial charge in [-0.3, -0.25) is 4.79 Å². The molecule has 3 nitrogen and oxygen atoms in total. The molecule has 1 aliphatic rings. The number of Topliss-reactive ketones (excluding diaryl/α,β-unsaturated/α-hetero) is 1. The number of aromatic nitrogens is 1. The number of carbonyl (C=O) groups is 1.